The lowest BCUT2D eigenvalue weighted by Crippen LogP contribution is -2.28. The van der Waals surface area contributed by atoms with Gasteiger partial charge in [0.1, 0.15) is 5.82 Å². The zero-order valence-corrected chi connectivity index (χ0v) is 17.7. The molecule has 0 atom stereocenters. The molecular formula is C22H28N8. The Labute approximate surface area is 176 Å². The number of allylic oxidation sites excluding steroid dienone is 2. The van der Waals surface area contributed by atoms with Crippen LogP contribution in [0.4, 0.5) is 0 Å². The Kier molecular flexibility index (Phi) is 5.74. The van der Waals surface area contributed by atoms with Crippen LogP contribution < -0.4 is 5.32 Å². The van der Waals surface area contributed by atoms with Crippen molar-refractivity contribution in [1.82, 2.24) is 40.7 Å². The third-order valence-electron chi connectivity index (χ3n) is 5.40. The number of rotatable bonds is 8. The van der Waals surface area contributed by atoms with E-state index in [2.05, 4.69) is 75.7 Å². The van der Waals surface area contributed by atoms with Gasteiger partial charge in [0.05, 0.1) is 5.41 Å². The highest BCUT2D eigenvalue weighted by atomic mass is 15.5. The standard InChI is InChI=1S/C22H28N8/c1-4-5-14-30-19(24-20(27-30)16(2)3)15-17-6-8-18(9-7-17)22(10-12-23-13-11-22)21-25-28-29-26-21/h6-13,16,23H,4-5,14-15H2,1-3H3,(H,25,26,28,29). The number of aromatic amines is 1. The number of nitrogens with one attached hydrogen (secondary N) is 2. The monoisotopic (exact) mass is 404 g/mol. The number of H-pyrrole nitrogens is 1. The van der Waals surface area contributed by atoms with Gasteiger partial charge in [-0.15, -0.1) is 10.2 Å². The second kappa shape index (κ2) is 8.61. The summed E-state index contributed by atoms with van der Waals surface area (Å²) in [5, 5.41) is 22.6. The van der Waals surface area contributed by atoms with E-state index < -0.39 is 5.41 Å². The highest BCUT2D eigenvalue weighted by Gasteiger charge is 2.34. The Morgan fingerprint density at radius 2 is 1.87 bits per heavy atom. The van der Waals surface area contributed by atoms with Crippen LogP contribution in [0.3, 0.4) is 0 Å². The fraction of sp³-hybridized carbons (Fsp3) is 0.409. The summed E-state index contributed by atoms with van der Waals surface area (Å²) in [7, 11) is 0. The van der Waals surface area contributed by atoms with Crippen LogP contribution >= 0.6 is 0 Å². The van der Waals surface area contributed by atoms with Crippen LogP contribution in [-0.2, 0) is 18.4 Å². The van der Waals surface area contributed by atoms with Gasteiger partial charge in [-0.1, -0.05) is 56.7 Å². The first-order valence-corrected chi connectivity index (χ1v) is 10.5. The Morgan fingerprint density at radius 3 is 2.50 bits per heavy atom. The predicted octanol–water partition coefficient (Wildman–Crippen LogP) is 3.22. The van der Waals surface area contributed by atoms with Crippen LogP contribution in [0.25, 0.3) is 0 Å². The molecule has 8 heteroatoms. The van der Waals surface area contributed by atoms with E-state index in [0.29, 0.717) is 11.7 Å². The smallest absolute Gasteiger partial charge is 0.192 e. The van der Waals surface area contributed by atoms with Crippen molar-refractivity contribution < 1.29 is 0 Å². The van der Waals surface area contributed by atoms with Gasteiger partial charge in [-0.05, 0) is 42.1 Å². The number of hydrogen-bond acceptors (Lipinski definition) is 6. The summed E-state index contributed by atoms with van der Waals surface area (Å²) in [4.78, 5) is 4.81. The quantitative estimate of drug-likeness (QED) is 0.598. The van der Waals surface area contributed by atoms with E-state index in [1.54, 1.807) is 0 Å². The molecule has 3 aromatic rings. The first-order chi connectivity index (χ1) is 14.6. The third kappa shape index (κ3) is 3.90. The lowest BCUT2D eigenvalue weighted by molar-refractivity contribution is 0.543. The van der Waals surface area contributed by atoms with Crippen molar-refractivity contribution in [2.24, 2.45) is 0 Å². The topological polar surface area (TPSA) is 97.2 Å². The van der Waals surface area contributed by atoms with Gasteiger partial charge in [0.15, 0.2) is 11.6 Å². The first-order valence-electron chi connectivity index (χ1n) is 10.5. The highest BCUT2D eigenvalue weighted by Crippen LogP contribution is 2.34. The van der Waals surface area contributed by atoms with Crippen LogP contribution in [-0.4, -0.2) is 35.4 Å². The average Bonchev–Trinajstić information content (AvgIpc) is 3.44. The van der Waals surface area contributed by atoms with E-state index in [0.717, 1.165) is 43.0 Å². The van der Waals surface area contributed by atoms with Gasteiger partial charge < -0.3 is 5.32 Å². The number of hydrogen-bond donors (Lipinski definition) is 2. The molecular weight excluding hydrogens is 376 g/mol. The summed E-state index contributed by atoms with van der Waals surface area (Å²) < 4.78 is 2.08. The molecule has 156 valence electrons. The van der Waals surface area contributed by atoms with E-state index >= 15 is 0 Å². The van der Waals surface area contributed by atoms with Gasteiger partial charge >= 0.3 is 0 Å². The molecule has 2 aromatic heterocycles. The number of aromatic nitrogens is 7. The molecule has 3 heterocycles. The molecule has 4 rings (SSSR count). The SMILES string of the molecule is CCCCn1nc(C(C)C)nc1Cc1ccc(C2(c3nn[nH]n3)C=CNC=C2)cc1. The molecule has 0 radical (unpaired) electrons. The minimum atomic E-state index is -0.539. The summed E-state index contributed by atoms with van der Waals surface area (Å²) in [5.41, 5.74) is 1.74. The zero-order valence-electron chi connectivity index (χ0n) is 17.7. The number of unbranched alkanes of at least 4 members (excludes halogenated alkanes) is 1. The molecule has 2 N–H and O–H groups in total. The Balaban J connectivity index is 1.61. The molecule has 1 aromatic carbocycles. The molecule has 30 heavy (non-hydrogen) atoms. The fourth-order valence-corrected chi connectivity index (χ4v) is 3.61. The van der Waals surface area contributed by atoms with Crippen LogP contribution in [0.5, 0.6) is 0 Å². The predicted molar refractivity (Wildman–Crippen MR) is 115 cm³/mol. The Hall–Kier alpha value is -3.29. The second-order valence-electron chi connectivity index (χ2n) is 7.93. The van der Waals surface area contributed by atoms with Gasteiger partial charge in [-0.25, -0.2) is 9.67 Å². The molecule has 0 saturated carbocycles. The molecule has 1 aliphatic heterocycles. The number of benzene rings is 1. The van der Waals surface area contributed by atoms with Crippen LogP contribution in [0.2, 0.25) is 0 Å². The second-order valence-corrected chi connectivity index (χ2v) is 7.93. The van der Waals surface area contributed by atoms with Crippen LogP contribution in [0.15, 0.2) is 48.8 Å². The van der Waals surface area contributed by atoms with Crippen molar-refractivity contribution in [2.45, 2.75) is 57.9 Å². The summed E-state index contributed by atoms with van der Waals surface area (Å²) in [5.74, 6) is 2.88. The van der Waals surface area contributed by atoms with Crippen LogP contribution in [0.1, 0.15) is 68.1 Å². The largest absolute Gasteiger partial charge is 0.368 e. The molecule has 0 aliphatic carbocycles. The van der Waals surface area contributed by atoms with Crippen molar-refractivity contribution in [2.75, 3.05) is 0 Å². The van der Waals surface area contributed by atoms with Gasteiger partial charge in [0.25, 0.3) is 0 Å². The minimum Gasteiger partial charge on any atom is -0.368 e. The third-order valence-corrected chi connectivity index (χ3v) is 5.40. The van der Waals surface area contributed by atoms with E-state index in [4.69, 9.17) is 10.1 Å². The Morgan fingerprint density at radius 1 is 1.10 bits per heavy atom. The van der Waals surface area contributed by atoms with E-state index in [1.165, 1.54) is 5.56 Å². The molecule has 1 aliphatic rings. The van der Waals surface area contributed by atoms with Gasteiger partial charge in [-0.2, -0.15) is 10.3 Å². The summed E-state index contributed by atoms with van der Waals surface area (Å²) in [6, 6.07) is 8.55. The van der Waals surface area contributed by atoms with Crippen molar-refractivity contribution in [1.29, 1.82) is 0 Å². The van der Waals surface area contributed by atoms with Crippen molar-refractivity contribution in [3.63, 3.8) is 0 Å². The van der Waals surface area contributed by atoms with Gasteiger partial charge in [0.2, 0.25) is 0 Å². The van der Waals surface area contributed by atoms with Gasteiger partial charge in [0, 0.05) is 18.9 Å². The van der Waals surface area contributed by atoms with Gasteiger partial charge in [-0.3, -0.25) is 0 Å². The first kappa shape index (κ1) is 20.0. The van der Waals surface area contributed by atoms with Crippen molar-refractivity contribution in [3.8, 4) is 0 Å². The minimum absolute atomic E-state index is 0.322. The van der Waals surface area contributed by atoms with Crippen molar-refractivity contribution in [3.05, 3.63) is 77.4 Å². The number of aryl methyl sites for hydroxylation is 1. The van der Waals surface area contributed by atoms with E-state index in [-0.39, 0.29) is 0 Å². The molecule has 0 bridgehead atoms. The normalized spacial score (nSPS) is 14.9. The summed E-state index contributed by atoms with van der Waals surface area (Å²) in [6.07, 6.45) is 10.9. The number of nitrogens with zero attached hydrogens (tertiary/aromatic N) is 6. The maximum Gasteiger partial charge on any atom is 0.192 e. The molecule has 0 unspecified atom stereocenters. The van der Waals surface area contributed by atoms with Crippen LogP contribution in [0, 0.1) is 0 Å². The average molecular weight is 405 g/mol. The molecule has 0 saturated heterocycles. The molecule has 0 amide bonds. The highest BCUT2D eigenvalue weighted by molar-refractivity contribution is 5.46. The lowest BCUT2D eigenvalue weighted by atomic mass is 9.78. The number of dihydropyridines is 1. The maximum absolute atomic E-state index is 4.81. The maximum atomic E-state index is 4.81. The zero-order chi connectivity index (χ0) is 21.0. The number of tetrazole rings is 1. The summed E-state index contributed by atoms with van der Waals surface area (Å²) >= 11 is 0. The molecule has 8 nitrogen and oxygen atoms in total. The molecule has 0 fully saturated rings. The molecule has 0 spiro atoms. The fourth-order valence-electron chi connectivity index (χ4n) is 3.61. The lowest BCUT2D eigenvalue weighted by Gasteiger charge is -2.26. The Bertz CT molecular complexity index is 1000. The van der Waals surface area contributed by atoms with E-state index in [1.807, 2.05) is 24.6 Å². The van der Waals surface area contributed by atoms with E-state index in [9.17, 15) is 0 Å². The summed E-state index contributed by atoms with van der Waals surface area (Å²) in [6.45, 7) is 7.38. The van der Waals surface area contributed by atoms with Crippen molar-refractivity contribution >= 4 is 0 Å².